The third-order valence-corrected chi connectivity index (χ3v) is 13.7. The standard InChI is InChI=1S/C46H55N7O6.C2H5NO2/c1-6-25(2)19-40(54)52-26(3)7-14-38(52)44-48-35-12-10-29-21-34-32-11-9-30(20-31(32)24-59-39(34)22-33(29)42(35)50-44)36-23-47-43(49-36)37-13-8-27(4)53(37)45(55)41(51-46(56)57-5)28-15-17-58-18-16-28;1-5-2(3)4/h9-12,20-23,25-28,37-38,41H,6-8,13-19,24H2,1-5H3,(H,47,49)(H,48,50)(H,51,56);1H3,(H2,3,4)/t25?,26-,27-,37?,38?,41?;/m0./s1. The van der Waals surface area contributed by atoms with E-state index in [1.54, 1.807) is 0 Å². The molecule has 9 rings (SSSR count). The second-order valence-corrected chi connectivity index (χ2v) is 17.7. The topological polar surface area (TPSA) is 207 Å². The van der Waals surface area contributed by atoms with Crippen LogP contribution in [-0.4, -0.2) is 99.3 Å². The predicted molar refractivity (Wildman–Crippen MR) is 241 cm³/mol. The molecule has 4 aliphatic heterocycles. The molecule has 2 aromatic heterocycles. The first-order valence-corrected chi connectivity index (χ1v) is 22.6. The Bertz CT molecular complexity index is 2530. The zero-order valence-corrected chi connectivity index (χ0v) is 37.6. The number of fused-ring (bicyclic) bond motifs is 6. The number of hydrogen-bond donors (Lipinski definition) is 4. The molecule has 6 atom stereocenters. The van der Waals surface area contributed by atoms with Gasteiger partial charge in [0.2, 0.25) is 11.8 Å². The molecule has 16 nitrogen and oxygen atoms in total. The van der Waals surface area contributed by atoms with Crippen LogP contribution in [0.1, 0.15) is 108 Å². The fourth-order valence-electron chi connectivity index (χ4n) is 9.90. The van der Waals surface area contributed by atoms with E-state index in [4.69, 9.17) is 24.2 Å². The number of primary amides is 1. The number of likely N-dealkylation sites (tertiary alicyclic amines) is 2. The van der Waals surface area contributed by atoms with Crippen LogP contribution in [0.3, 0.4) is 0 Å². The number of carbonyl (C=O) groups excluding carboxylic acids is 4. The first-order valence-electron chi connectivity index (χ1n) is 22.6. The van der Waals surface area contributed by atoms with Crippen molar-refractivity contribution in [3.63, 3.8) is 0 Å². The van der Waals surface area contributed by atoms with Crippen molar-refractivity contribution in [2.75, 3.05) is 27.4 Å². The van der Waals surface area contributed by atoms with Crippen LogP contribution < -0.4 is 15.8 Å². The molecule has 0 spiro atoms. The summed E-state index contributed by atoms with van der Waals surface area (Å²) in [4.78, 5) is 70.5. The Hall–Kier alpha value is -6.16. The molecular formula is C48H60N8O8. The molecule has 3 aromatic carbocycles. The number of ether oxygens (including phenoxy) is 4. The van der Waals surface area contributed by atoms with Crippen molar-refractivity contribution in [2.45, 2.75) is 116 Å². The molecule has 340 valence electrons. The number of amides is 4. The number of aromatic nitrogens is 4. The lowest BCUT2D eigenvalue weighted by atomic mass is 9.90. The van der Waals surface area contributed by atoms with E-state index in [1.165, 1.54) is 14.2 Å². The van der Waals surface area contributed by atoms with E-state index >= 15 is 0 Å². The Morgan fingerprint density at radius 2 is 1.61 bits per heavy atom. The highest BCUT2D eigenvalue weighted by Gasteiger charge is 2.43. The first-order chi connectivity index (χ1) is 30.9. The smallest absolute Gasteiger partial charge is 0.407 e. The number of alkyl carbamates (subject to hydrolysis) is 1. The summed E-state index contributed by atoms with van der Waals surface area (Å²) in [6, 6.07) is 14.1. The number of hydrogen-bond acceptors (Lipinski definition) is 10. The molecule has 16 heteroatoms. The van der Waals surface area contributed by atoms with Crippen molar-refractivity contribution in [3.8, 4) is 28.1 Å². The molecule has 0 radical (unpaired) electrons. The Morgan fingerprint density at radius 3 is 2.31 bits per heavy atom. The van der Waals surface area contributed by atoms with Crippen LogP contribution in [0, 0.1) is 11.8 Å². The van der Waals surface area contributed by atoms with Gasteiger partial charge in [0.25, 0.3) is 0 Å². The van der Waals surface area contributed by atoms with Crippen molar-refractivity contribution in [3.05, 3.63) is 65.9 Å². The summed E-state index contributed by atoms with van der Waals surface area (Å²) >= 11 is 0. The van der Waals surface area contributed by atoms with Gasteiger partial charge in [0.15, 0.2) is 0 Å². The minimum absolute atomic E-state index is 0.0115. The van der Waals surface area contributed by atoms with Crippen LogP contribution in [0.25, 0.3) is 44.2 Å². The molecule has 6 heterocycles. The van der Waals surface area contributed by atoms with Crippen molar-refractivity contribution in [2.24, 2.45) is 17.6 Å². The van der Waals surface area contributed by atoms with E-state index < -0.39 is 18.2 Å². The molecule has 0 saturated carbocycles. The Kier molecular flexibility index (Phi) is 13.1. The van der Waals surface area contributed by atoms with E-state index in [2.05, 4.69) is 101 Å². The van der Waals surface area contributed by atoms with Gasteiger partial charge in [-0.3, -0.25) is 9.59 Å². The SMILES string of the molecule is CCC(C)CC(=O)N1C(c2nc3c(ccc4cc5c(cc43)OCc3cc(-c4cnc(C6CC[C@H](C)N6C(=O)C(NC(=O)OC)C6CCOCC6)[nH]4)ccc3-5)[nH]2)CC[C@@H]1C.COC(N)=O. The average molecular weight is 877 g/mol. The number of nitrogens with zero attached hydrogens (tertiary/aromatic N) is 4. The normalized spacial score (nSPS) is 21.6. The highest BCUT2D eigenvalue weighted by Crippen LogP contribution is 2.44. The first kappa shape index (κ1) is 44.4. The lowest BCUT2D eigenvalue weighted by molar-refractivity contribution is -0.138. The third-order valence-electron chi connectivity index (χ3n) is 13.7. The predicted octanol–water partition coefficient (Wildman–Crippen LogP) is 8.07. The quantitative estimate of drug-likeness (QED) is 0.112. The zero-order chi connectivity index (χ0) is 45.2. The average Bonchev–Trinajstić information content (AvgIpc) is 4.13. The van der Waals surface area contributed by atoms with Gasteiger partial charge in [-0.2, -0.15) is 0 Å². The number of benzene rings is 3. The van der Waals surface area contributed by atoms with Gasteiger partial charge in [-0.1, -0.05) is 38.5 Å². The largest absolute Gasteiger partial charge is 0.488 e. The van der Waals surface area contributed by atoms with E-state index in [-0.39, 0.29) is 41.9 Å². The summed E-state index contributed by atoms with van der Waals surface area (Å²) < 4.78 is 20.8. The fourth-order valence-corrected chi connectivity index (χ4v) is 9.90. The monoisotopic (exact) mass is 876 g/mol. The zero-order valence-electron chi connectivity index (χ0n) is 37.6. The maximum atomic E-state index is 14.3. The van der Waals surface area contributed by atoms with Crippen LogP contribution in [0.15, 0.2) is 48.7 Å². The summed E-state index contributed by atoms with van der Waals surface area (Å²) in [7, 11) is 2.54. The van der Waals surface area contributed by atoms with Crippen LogP contribution in [0.2, 0.25) is 0 Å². The number of nitrogens with two attached hydrogens (primary N) is 1. The number of imidazole rings is 2. The maximum absolute atomic E-state index is 14.3. The van der Waals surface area contributed by atoms with Crippen molar-refractivity contribution >= 4 is 45.8 Å². The number of rotatable bonds is 9. The van der Waals surface area contributed by atoms with Crippen LogP contribution >= 0.6 is 0 Å². The Labute approximate surface area is 372 Å². The number of methoxy groups -OCH3 is 2. The van der Waals surface area contributed by atoms with Gasteiger partial charge in [-0.15, -0.1) is 0 Å². The molecule has 5 aromatic rings. The van der Waals surface area contributed by atoms with Gasteiger partial charge in [-0.05, 0) is 111 Å². The molecule has 0 bridgehead atoms. The van der Waals surface area contributed by atoms with Gasteiger partial charge in [-0.25, -0.2) is 19.6 Å². The second-order valence-electron chi connectivity index (χ2n) is 17.7. The summed E-state index contributed by atoms with van der Waals surface area (Å²) in [5, 5.41) is 4.94. The minimum atomic E-state index is -0.745. The van der Waals surface area contributed by atoms with Crippen molar-refractivity contribution < 1.29 is 38.1 Å². The van der Waals surface area contributed by atoms with E-state index in [9.17, 15) is 19.2 Å². The molecular weight excluding hydrogens is 817 g/mol. The van der Waals surface area contributed by atoms with Crippen molar-refractivity contribution in [1.82, 2.24) is 35.1 Å². The molecule has 5 N–H and O–H groups in total. The lowest BCUT2D eigenvalue weighted by Crippen LogP contribution is -2.54. The molecule has 4 unspecified atom stereocenters. The van der Waals surface area contributed by atoms with Gasteiger partial charge >= 0.3 is 12.2 Å². The molecule has 0 aliphatic carbocycles. The van der Waals surface area contributed by atoms with E-state index in [0.29, 0.717) is 45.0 Å². The summed E-state index contributed by atoms with van der Waals surface area (Å²) in [6.45, 7) is 10.0. The maximum Gasteiger partial charge on any atom is 0.407 e. The molecule has 3 fully saturated rings. The molecule has 4 amide bonds. The minimum Gasteiger partial charge on any atom is -0.488 e. The molecule has 64 heavy (non-hydrogen) atoms. The summed E-state index contributed by atoms with van der Waals surface area (Å²) in [5.74, 6) is 2.82. The highest BCUT2D eigenvalue weighted by atomic mass is 16.5. The highest BCUT2D eigenvalue weighted by molar-refractivity contribution is 6.07. The van der Waals surface area contributed by atoms with Gasteiger partial charge in [0, 0.05) is 42.7 Å². The van der Waals surface area contributed by atoms with E-state index in [1.807, 2.05) is 11.1 Å². The number of nitrogens with one attached hydrogen (secondary N) is 3. The second kappa shape index (κ2) is 18.9. The van der Waals surface area contributed by atoms with E-state index in [0.717, 1.165) is 99.3 Å². The Morgan fingerprint density at radius 1 is 0.891 bits per heavy atom. The third kappa shape index (κ3) is 8.84. The molecule has 4 aliphatic rings. The van der Waals surface area contributed by atoms with Crippen molar-refractivity contribution in [1.29, 1.82) is 0 Å². The number of H-pyrrole nitrogens is 2. The van der Waals surface area contributed by atoms with Crippen LogP contribution in [0.4, 0.5) is 9.59 Å². The van der Waals surface area contributed by atoms with Gasteiger partial charge < -0.3 is 49.8 Å². The molecule has 3 saturated heterocycles. The number of carbonyl (C=O) groups is 4. The summed E-state index contributed by atoms with van der Waals surface area (Å²) in [6.07, 6.45) is 6.88. The van der Waals surface area contributed by atoms with Crippen LogP contribution in [0.5, 0.6) is 5.75 Å². The number of aromatic amines is 2. The summed E-state index contributed by atoms with van der Waals surface area (Å²) in [5.41, 5.74) is 11.4. The fraction of sp³-hybridized carbons (Fsp3) is 0.500. The van der Waals surface area contributed by atoms with Crippen LogP contribution in [-0.2, 0) is 30.4 Å². The van der Waals surface area contributed by atoms with Gasteiger partial charge in [0.05, 0.1) is 49.2 Å². The van der Waals surface area contributed by atoms with Gasteiger partial charge in [0.1, 0.15) is 30.0 Å². The lowest BCUT2D eigenvalue weighted by Gasteiger charge is -2.36. The Balaban J connectivity index is 0.00000106.